The lowest BCUT2D eigenvalue weighted by Crippen LogP contribution is -2.67. The SMILES string of the molecule is CC1(C)CC[C@]2(C(=O)O[C@@H]3O[C@H](CO[C@@H]4O[C@H](COC(=O)C[C@@](C)(O)CC(=O)O)[C@@H](O)[C@H](O)[C@H]4O)[C@@H](O)[C@H](O)[C@H]3O)CC[C@]3(C)C(=CC[C@@H]4[C@@]5(C)CCC(O[C@@H]6O[C@H](CO)[C@@H](O)[C@H](O)[C@H]6O)[C@@](C)(C(=O)O)[C@@H]5CC[C@]43C)[C@@H]2C1. The Labute approximate surface area is 452 Å². The van der Waals surface area contributed by atoms with E-state index in [2.05, 4.69) is 40.7 Å². The molecule has 0 aromatic rings. The molecule has 78 heavy (non-hydrogen) atoms. The van der Waals surface area contributed by atoms with E-state index < -0.39 is 188 Å². The zero-order valence-corrected chi connectivity index (χ0v) is 45.5. The van der Waals surface area contributed by atoms with Crippen molar-refractivity contribution in [2.75, 3.05) is 19.8 Å². The molecule has 4 saturated carbocycles. The van der Waals surface area contributed by atoms with E-state index in [0.717, 1.165) is 12.5 Å². The van der Waals surface area contributed by atoms with Crippen molar-refractivity contribution in [3.8, 4) is 0 Å². The Hall–Kier alpha value is -3.02. The number of hydrogen-bond donors (Lipinski definition) is 13. The lowest BCUT2D eigenvalue weighted by molar-refractivity contribution is -0.329. The maximum Gasteiger partial charge on any atom is 0.315 e. The van der Waals surface area contributed by atoms with Gasteiger partial charge in [-0.3, -0.25) is 19.2 Å². The van der Waals surface area contributed by atoms with Crippen LogP contribution in [0.1, 0.15) is 126 Å². The first kappa shape index (κ1) is 61.1. The third kappa shape index (κ3) is 10.5. The van der Waals surface area contributed by atoms with E-state index in [1.807, 2.05) is 0 Å². The topological polar surface area (TPSA) is 396 Å². The predicted molar refractivity (Wildman–Crippen MR) is 264 cm³/mol. The maximum atomic E-state index is 15.1. The minimum atomic E-state index is -1.97. The maximum absolute atomic E-state index is 15.1. The third-order valence-electron chi connectivity index (χ3n) is 20.7. The van der Waals surface area contributed by atoms with E-state index in [0.29, 0.717) is 57.8 Å². The van der Waals surface area contributed by atoms with Crippen molar-refractivity contribution in [3.05, 3.63) is 11.6 Å². The van der Waals surface area contributed by atoms with Crippen LogP contribution >= 0.6 is 0 Å². The summed E-state index contributed by atoms with van der Waals surface area (Å²) in [5, 5.41) is 138. The van der Waals surface area contributed by atoms with Crippen LogP contribution in [0.2, 0.25) is 0 Å². The summed E-state index contributed by atoms with van der Waals surface area (Å²) in [6, 6.07) is 0. The fourth-order valence-electron chi connectivity index (χ4n) is 15.8. The van der Waals surface area contributed by atoms with Gasteiger partial charge in [0.25, 0.3) is 0 Å². The van der Waals surface area contributed by atoms with Gasteiger partial charge in [0.2, 0.25) is 6.29 Å². The molecule has 24 nitrogen and oxygen atoms in total. The van der Waals surface area contributed by atoms with Crippen molar-refractivity contribution < 1.29 is 119 Å². The Balaban J connectivity index is 0.979. The molecule has 1 unspecified atom stereocenters. The van der Waals surface area contributed by atoms with E-state index in [1.165, 1.54) is 0 Å². The molecule has 3 heterocycles. The van der Waals surface area contributed by atoms with E-state index in [4.69, 9.17) is 38.3 Å². The summed E-state index contributed by atoms with van der Waals surface area (Å²) in [5.74, 6) is -4.93. The summed E-state index contributed by atoms with van der Waals surface area (Å²) in [6.45, 7) is 11.7. The standard InChI is InChI=1S/C54H84O24/c1-48(2)14-16-54(47(70)78-45-42(67)39(64)36(61)28(76-45)23-73-43-40(65)38(63)35(60)27(75-43)22-72-33(58)20-49(3,71)19-32(56)57)17-15-51(5)24(25(54)18-48)8-9-29-50(4)12-11-31(53(7,46(68)69)30(50)10-13-52(29,51)6)77-44-41(66)37(62)34(59)26(21-55)74-44/h8,25-31,34-45,55,59-67,71H,9-23H2,1-7H3,(H,56,57)(H,68,69)/t25-,26+,27+,28+,29+,30+,31?,34+,35+,36+,37-,38-,39-,40+,41+,42+,43+,44-,45-,49-,50+,51+,52+,53-,54-/m0/s1. The summed E-state index contributed by atoms with van der Waals surface area (Å²) < 4.78 is 40.5. The molecule has 0 bridgehead atoms. The van der Waals surface area contributed by atoms with Gasteiger partial charge in [-0.05, 0) is 117 Å². The van der Waals surface area contributed by atoms with Gasteiger partial charge in [-0.2, -0.15) is 0 Å². The lowest BCUT2D eigenvalue weighted by atomic mass is 9.33. The Morgan fingerprint density at radius 2 is 1.22 bits per heavy atom. The number of aliphatic hydroxyl groups is 11. The number of carboxylic acid groups (broad SMARTS) is 2. The molecule has 7 fully saturated rings. The molecule has 8 aliphatic rings. The molecule has 13 N–H and O–H groups in total. The highest BCUT2D eigenvalue weighted by Gasteiger charge is 2.72. The zero-order chi connectivity index (χ0) is 57.6. The summed E-state index contributed by atoms with van der Waals surface area (Å²) in [5.41, 5.74) is -5.04. The Morgan fingerprint density at radius 3 is 1.83 bits per heavy atom. The molecule has 0 aromatic heterocycles. The smallest absolute Gasteiger partial charge is 0.315 e. The second-order valence-corrected chi connectivity index (χ2v) is 26.0. The summed E-state index contributed by atoms with van der Waals surface area (Å²) in [7, 11) is 0. The molecule has 0 amide bonds. The molecule has 0 radical (unpaired) electrons. The van der Waals surface area contributed by atoms with Gasteiger partial charge in [-0.25, -0.2) is 0 Å². The van der Waals surface area contributed by atoms with Crippen molar-refractivity contribution in [1.82, 2.24) is 0 Å². The fraction of sp³-hybridized carbons (Fsp3) is 0.889. The first-order valence-corrected chi connectivity index (χ1v) is 27.4. The first-order valence-electron chi connectivity index (χ1n) is 27.4. The van der Waals surface area contributed by atoms with Crippen LogP contribution in [0, 0.1) is 50.2 Å². The summed E-state index contributed by atoms with van der Waals surface area (Å²) >= 11 is 0. The normalized spacial score (nSPS) is 48.8. The molecule has 0 spiro atoms. The van der Waals surface area contributed by atoms with Gasteiger partial charge < -0.3 is 99.5 Å². The zero-order valence-electron chi connectivity index (χ0n) is 45.5. The molecular weight excluding hydrogens is 1030 g/mol. The van der Waals surface area contributed by atoms with Crippen molar-refractivity contribution >= 4 is 23.9 Å². The summed E-state index contributed by atoms with van der Waals surface area (Å²) in [6.07, 6.45) is -20.7. The number of hydrogen-bond acceptors (Lipinski definition) is 22. The highest BCUT2D eigenvalue weighted by atomic mass is 16.7. The molecule has 25 atom stereocenters. The van der Waals surface area contributed by atoms with E-state index in [9.17, 15) is 75.7 Å². The van der Waals surface area contributed by atoms with Crippen LogP contribution in [0.5, 0.6) is 0 Å². The highest BCUT2D eigenvalue weighted by Crippen LogP contribution is 2.76. The number of ether oxygens (including phenoxy) is 7. The minimum absolute atomic E-state index is 0.0178. The number of carbonyl (C=O) groups excluding carboxylic acids is 2. The van der Waals surface area contributed by atoms with Gasteiger partial charge in [0.15, 0.2) is 12.6 Å². The third-order valence-corrected chi connectivity index (χ3v) is 20.7. The van der Waals surface area contributed by atoms with Crippen LogP contribution < -0.4 is 0 Å². The van der Waals surface area contributed by atoms with Gasteiger partial charge in [-0.1, -0.05) is 46.3 Å². The molecule has 444 valence electrons. The van der Waals surface area contributed by atoms with Crippen molar-refractivity contribution in [2.45, 2.75) is 229 Å². The van der Waals surface area contributed by atoms with Crippen LogP contribution in [-0.2, 0) is 52.3 Å². The first-order chi connectivity index (χ1) is 36.2. The number of aliphatic hydroxyl groups excluding tert-OH is 10. The predicted octanol–water partition coefficient (Wildman–Crippen LogP) is -0.628. The van der Waals surface area contributed by atoms with Crippen LogP contribution in [-0.4, -0.2) is 214 Å². The quantitative estimate of drug-likeness (QED) is 0.0552. The van der Waals surface area contributed by atoms with Crippen LogP contribution in [0.3, 0.4) is 0 Å². The van der Waals surface area contributed by atoms with Crippen molar-refractivity contribution in [2.24, 2.45) is 50.2 Å². The fourth-order valence-corrected chi connectivity index (χ4v) is 15.8. The molecular formula is C54H84O24. The van der Waals surface area contributed by atoms with Gasteiger partial charge in [0, 0.05) is 0 Å². The number of rotatable bonds is 15. The van der Waals surface area contributed by atoms with Crippen molar-refractivity contribution in [1.29, 1.82) is 0 Å². The largest absolute Gasteiger partial charge is 0.481 e. The number of aliphatic carboxylic acids is 2. The average Bonchev–Trinajstić information content (AvgIpc) is 3.37. The minimum Gasteiger partial charge on any atom is -0.481 e. The van der Waals surface area contributed by atoms with Gasteiger partial charge >= 0.3 is 23.9 Å². The molecule has 24 heteroatoms. The Morgan fingerprint density at radius 1 is 0.654 bits per heavy atom. The van der Waals surface area contributed by atoms with E-state index >= 15 is 4.79 Å². The van der Waals surface area contributed by atoms with E-state index in [1.54, 1.807) is 6.92 Å². The number of carbonyl (C=O) groups is 4. The highest BCUT2D eigenvalue weighted by molar-refractivity contribution is 5.79. The Bertz CT molecular complexity index is 2260. The molecule has 3 saturated heterocycles. The second-order valence-electron chi connectivity index (χ2n) is 26.0. The van der Waals surface area contributed by atoms with Gasteiger partial charge in [-0.15, -0.1) is 0 Å². The number of esters is 2. The van der Waals surface area contributed by atoms with Crippen LogP contribution in [0.4, 0.5) is 0 Å². The van der Waals surface area contributed by atoms with Crippen LogP contribution in [0.15, 0.2) is 11.6 Å². The van der Waals surface area contributed by atoms with Crippen LogP contribution in [0.25, 0.3) is 0 Å². The van der Waals surface area contributed by atoms with Gasteiger partial charge in [0.1, 0.15) is 79.9 Å². The van der Waals surface area contributed by atoms with Crippen molar-refractivity contribution in [3.63, 3.8) is 0 Å². The molecule has 0 aromatic carbocycles. The number of carboxylic acids is 2. The number of allylic oxidation sites excluding steroid dienone is 2. The molecule has 8 rings (SSSR count). The monoisotopic (exact) mass is 1120 g/mol. The second kappa shape index (κ2) is 22.0. The lowest BCUT2D eigenvalue weighted by Gasteiger charge is -2.71. The molecule has 3 aliphatic heterocycles. The number of fused-ring (bicyclic) bond motifs is 7. The molecule has 5 aliphatic carbocycles. The Kier molecular flexibility index (Phi) is 17.2. The van der Waals surface area contributed by atoms with E-state index in [-0.39, 0.29) is 29.1 Å². The average molecular weight is 1120 g/mol. The summed E-state index contributed by atoms with van der Waals surface area (Å²) in [4.78, 5) is 52.3. The van der Waals surface area contributed by atoms with Gasteiger partial charge in [0.05, 0.1) is 48.6 Å².